The minimum absolute atomic E-state index is 0.142. The number of carboxylic acids is 1. The molecule has 0 aromatic heterocycles. The fourth-order valence-corrected chi connectivity index (χ4v) is 1.42. The molecule has 92 valence electrons. The molecule has 1 unspecified atom stereocenters. The third kappa shape index (κ3) is 2.25. The van der Waals surface area contributed by atoms with Gasteiger partial charge in [-0.2, -0.15) is 0 Å². The predicted molar refractivity (Wildman–Crippen MR) is 55.2 cm³/mol. The summed E-state index contributed by atoms with van der Waals surface area (Å²) in [4.78, 5) is 22.7. The molecule has 17 heavy (non-hydrogen) atoms. The molecule has 0 saturated heterocycles. The van der Waals surface area contributed by atoms with Gasteiger partial charge in [-0.3, -0.25) is 4.79 Å². The highest BCUT2D eigenvalue weighted by atomic mass is 19.1. The molecule has 0 radical (unpaired) electrons. The average molecular weight is 243 g/mol. The maximum Gasteiger partial charge on any atom is 0.334 e. The highest BCUT2D eigenvalue weighted by Crippen LogP contribution is 2.27. The van der Waals surface area contributed by atoms with Crippen LogP contribution in [0.3, 0.4) is 0 Å². The Bertz CT molecular complexity index is 444. The first-order chi connectivity index (χ1) is 7.82. The number of amides is 1. The molecule has 0 bridgehead atoms. The van der Waals surface area contributed by atoms with Gasteiger partial charge in [0.1, 0.15) is 11.6 Å². The lowest BCUT2D eigenvalue weighted by atomic mass is 9.90. The van der Waals surface area contributed by atoms with E-state index in [9.17, 15) is 18.4 Å². The van der Waals surface area contributed by atoms with Gasteiger partial charge in [0.15, 0.2) is 5.54 Å². The molecular weight excluding hydrogens is 232 g/mol. The van der Waals surface area contributed by atoms with Crippen LogP contribution >= 0.6 is 0 Å². The zero-order chi connectivity index (χ0) is 13.2. The van der Waals surface area contributed by atoms with E-state index in [0.717, 1.165) is 17.0 Å². The standard InChI is InChI=1S/C11H11F2NO3/c1-11(10(16)17,14(2)6-15)7-3-8(12)5-9(13)4-7/h3-6H,1-2H3,(H,16,17). The number of nitrogens with zero attached hydrogens (tertiary/aromatic N) is 1. The summed E-state index contributed by atoms with van der Waals surface area (Å²) in [6, 6.07) is 2.40. The topological polar surface area (TPSA) is 57.6 Å². The summed E-state index contributed by atoms with van der Waals surface area (Å²) in [6.45, 7) is 1.19. The smallest absolute Gasteiger partial charge is 0.334 e. The van der Waals surface area contributed by atoms with E-state index in [0.29, 0.717) is 6.07 Å². The van der Waals surface area contributed by atoms with Crippen LogP contribution in [0.15, 0.2) is 18.2 Å². The number of halogens is 2. The van der Waals surface area contributed by atoms with Gasteiger partial charge in [0.05, 0.1) is 0 Å². The molecule has 4 nitrogen and oxygen atoms in total. The first kappa shape index (κ1) is 13.1. The minimum atomic E-state index is -1.81. The highest BCUT2D eigenvalue weighted by molar-refractivity contribution is 5.82. The second-order valence-electron chi connectivity index (χ2n) is 3.75. The summed E-state index contributed by atoms with van der Waals surface area (Å²) in [6.07, 6.45) is 0.289. The van der Waals surface area contributed by atoms with Gasteiger partial charge in [-0.15, -0.1) is 0 Å². The zero-order valence-electron chi connectivity index (χ0n) is 9.28. The quantitative estimate of drug-likeness (QED) is 0.812. The van der Waals surface area contributed by atoms with Crippen LogP contribution in [0.2, 0.25) is 0 Å². The van der Waals surface area contributed by atoms with E-state index in [1.165, 1.54) is 14.0 Å². The van der Waals surface area contributed by atoms with E-state index in [1.807, 2.05) is 0 Å². The molecule has 1 rings (SSSR count). The maximum absolute atomic E-state index is 13.0. The van der Waals surface area contributed by atoms with Gasteiger partial charge >= 0.3 is 5.97 Å². The van der Waals surface area contributed by atoms with Crippen molar-refractivity contribution in [2.24, 2.45) is 0 Å². The number of carbonyl (C=O) groups excluding carboxylic acids is 1. The van der Waals surface area contributed by atoms with Crippen molar-refractivity contribution in [3.8, 4) is 0 Å². The lowest BCUT2D eigenvalue weighted by Crippen LogP contribution is -2.47. The van der Waals surface area contributed by atoms with Crippen LogP contribution < -0.4 is 0 Å². The molecule has 0 spiro atoms. The van der Waals surface area contributed by atoms with Crippen molar-refractivity contribution < 1.29 is 23.5 Å². The Morgan fingerprint density at radius 1 is 1.35 bits per heavy atom. The van der Waals surface area contributed by atoms with Crippen molar-refractivity contribution in [2.75, 3.05) is 7.05 Å². The largest absolute Gasteiger partial charge is 0.479 e. The van der Waals surface area contributed by atoms with Crippen LogP contribution in [0, 0.1) is 11.6 Å². The summed E-state index contributed by atoms with van der Waals surface area (Å²) < 4.78 is 26.1. The lowest BCUT2D eigenvalue weighted by Gasteiger charge is -2.32. The molecule has 0 heterocycles. The van der Waals surface area contributed by atoms with E-state index in [-0.39, 0.29) is 12.0 Å². The fraction of sp³-hybridized carbons (Fsp3) is 0.273. The molecule has 0 fully saturated rings. The first-order valence-corrected chi connectivity index (χ1v) is 4.70. The Balaban J connectivity index is 3.42. The van der Waals surface area contributed by atoms with Crippen molar-refractivity contribution in [3.63, 3.8) is 0 Å². The number of hydrogen-bond donors (Lipinski definition) is 1. The Hall–Kier alpha value is -1.98. The van der Waals surface area contributed by atoms with Gasteiger partial charge < -0.3 is 10.0 Å². The van der Waals surface area contributed by atoms with Crippen molar-refractivity contribution >= 4 is 12.4 Å². The SMILES string of the molecule is CN(C=O)C(C)(C(=O)O)c1cc(F)cc(F)c1. The number of likely N-dealkylation sites (N-methyl/N-ethyl adjacent to an activating group) is 1. The fourth-order valence-electron chi connectivity index (χ4n) is 1.42. The van der Waals surface area contributed by atoms with Gasteiger partial charge in [0.25, 0.3) is 0 Å². The van der Waals surface area contributed by atoms with Crippen LogP contribution in [0.1, 0.15) is 12.5 Å². The van der Waals surface area contributed by atoms with Gasteiger partial charge in [-0.25, -0.2) is 13.6 Å². The van der Waals surface area contributed by atoms with E-state index in [1.54, 1.807) is 0 Å². The van der Waals surface area contributed by atoms with E-state index < -0.39 is 23.1 Å². The van der Waals surface area contributed by atoms with Crippen LogP contribution in [0.25, 0.3) is 0 Å². The number of carboxylic acid groups (broad SMARTS) is 1. The van der Waals surface area contributed by atoms with E-state index in [4.69, 9.17) is 5.11 Å². The maximum atomic E-state index is 13.0. The van der Waals surface area contributed by atoms with Gasteiger partial charge in [-0.05, 0) is 24.6 Å². The third-order valence-electron chi connectivity index (χ3n) is 2.70. The van der Waals surface area contributed by atoms with Crippen molar-refractivity contribution in [3.05, 3.63) is 35.4 Å². The molecule has 0 saturated carbocycles. The molecule has 0 aliphatic rings. The van der Waals surface area contributed by atoms with Gasteiger partial charge in [-0.1, -0.05) is 0 Å². The Morgan fingerprint density at radius 3 is 2.18 bits per heavy atom. The molecule has 1 aromatic carbocycles. The number of carbonyl (C=O) groups is 2. The molecule has 1 N–H and O–H groups in total. The number of rotatable bonds is 4. The lowest BCUT2D eigenvalue weighted by molar-refractivity contribution is -0.153. The second kappa shape index (κ2) is 4.48. The van der Waals surface area contributed by atoms with Crippen molar-refractivity contribution in [1.29, 1.82) is 0 Å². The normalized spacial score (nSPS) is 13.9. The molecule has 1 atom stereocenters. The molecule has 1 aromatic rings. The van der Waals surface area contributed by atoms with Gasteiger partial charge in [0, 0.05) is 13.1 Å². The predicted octanol–water partition coefficient (Wildman–Crippen LogP) is 1.35. The minimum Gasteiger partial charge on any atom is -0.479 e. The van der Waals surface area contributed by atoms with Gasteiger partial charge in [0.2, 0.25) is 6.41 Å². The number of benzene rings is 1. The van der Waals surface area contributed by atoms with Crippen LogP contribution in [-0.2, 0) is 15.1 Å². The highest BCUT2D eigenvalue weighted by Gasteiger charge is 2.39. The summed E-state index contributed by atoms with van der Waals surface area (Å²) in [5.41, 5.74) is -1.96. The molecule has 1 amide bonds. The summed E-state index contributed by atoms with van der Waals surface area (Å²) >= 11 is 0. The Labute approximate surface area is 96.5 Å². The van der Waals surface area contributed by atoms with E-state index >= 15 is 0 Å². The summed E-state index contributed by atoms with van der Waals surface area (Å²) in [5, 5.41) is 9.12. The zero-order valence-corrected chi connectivity index (χ0v) is 9.28. The monoisotopic (exact) mass is 243 g/mol. The number of hydrogen-bond acceptors (Lipinski definition) is 2. The molecule has 6 heteroatoms. The van der Waals surface area contributed by atoms with Crippen molar-refractivity contribution in [1.82, 2.24) is 4.90 Å². The van der Waals surface area contributed by atoms with Crippen molar-refractivity contribution in [2.45, 2.75) is 12.5 Å². The summed E-state index contributed by atoms with van der Waals surface area (Å²) in [5.74, 6) is -3.17. The van der Waals surface area contributed by atoms with Crippen LogP contribution in [0.5, 0.6) is 0 Å². The van der Waals surface area contributed by atoms with Crippen LogP contribution in [0.4, 0.5) is 8.78 Å². The molecule has 0 aliphatic heterocycles. The second-order valence-corrected chi connectivity index (χ2v) is 3.75. The molecular formula is C11H11F2NO3. The molecule has 0 aliphatic carbocycles. The number of aliphatic carboxylic acids is 1. The first-order valence-electron chi connectivity index (χ1n) is 4.70. The Morgan fingerprint density at radius 2 is 1.82 bits per heavy atom. The Kier molecular flexibility index (Phi) is 3.45. The summed E-state index contributed by atoms with van der Waals surface area (Å²) in [7, 11) is 1.23. The van der Waals surface area contributed by atoms with Crippen LogP contribution in [-0.4, -0.2) is 29.4 Å². The van der Waals surface area contributed by atoms with E-state index in [2.05, 4.69) is 0 Å². The average Bonchev–Trinajstić information content (AvgIpc) is 2.25. The third-order valence-corrected chi connectivity index (χ3v) is 2.70.